The van der Waals surface area contributed by atoms with Crippen LogP contribution >= 0.6 is 0 Å². The third kappa shape index (κ3) is 4.02. The Hall–Kier alpha value is -1.91. The first-order valence-corrected chi connectivity index (χ1v) is 8.48. The molecule has 1 N–H and O–H groups in total. The molecule has 0 spiro atoms. The van der Waals surface area contributed by atoms with Crippen molar-refractivity contribution < 1.29 is 19.0 Å². The highest BCUT2D eigenvalue weighted by Crippen LogP contribution is 2.43. The van der Waals surface area contributed by atoms with E-state index in [2.05, 4.69) is 20.8 Å². The summed E-state index contributed by atoms with van der Waals surface area (Å²) in [5, 5.41) is 9.54. The fourth-order valence-corrected chi connectivity index (χ4v) is 3.06. The molecule has 0 aliphatic rings. The van der Waals surface area contributed by atoms with Crippen LogP contribution in [0.2, 0.25) is 0 Å². The molecule has 136 valence electrons. The Kier molecular flexibility index (Phi) is 6.20. The first-order chi connectivity index (χ1) is 11.9. The van der Waals surface area contributed by atoms with E-state index in [0.717, 1.165) is 23.1 Å². The van der Waals surface area contributed by atoms with Gasteiger partial charge in [0.1, 0.15) is 11.6 Å². The van der Waals surface area contributed by atoms with Gasteiger partial charge in [-0.05, 0) is 46.7 Å². The first-order valence-electron chi connectivity index (χ1n) is 8.48. The summed E-state index contributed by atoms with van der Waals surface area (Å²) >= 11 is 0. The van der Waals surface area contributed by atoms with Crippen molar-refractivity contribution in [2.75, 3.05) is 14.2 Å². The van der Waals surface area contributed by atoms with Gasteiger partial charge in [-0.1, -0.05) is 39.0 Å². The minimum Gasteiger partial charge on any atom is -0.497 e. The molecule has 0 radical (unpaired) electrons. The minimum absolute atomic E-state index is 0.0726. The highest BCUT2D eigenvalue weighted by molar-refractivity contribution is 5.70. The van der Waals surface area contributed by atoms with Gasteiger partial charge in [-0.3, -0.25) is 0 Å². The lowest BCUT2D eigenvalue weighted by atomic mass is 9.77. The summed E-state index contributed by atoms with van der Waals surface area (Å²) < 4.78 is 25.6. The summed E-state index contributed by atoms with van der Waals surface area (Å²) in [5.74, 6) is 0.278. The molecule has 0 aliphatic carbocycles. The smallest absolute Gasteiger partial charge is 0.131 e. The molecule has 0 fully saturated rings. The largest absolute Gasteiger partial charge is 0.497 e. The molecule has 0 saturated carbocycles. The van der Waals surface area contributed by atoms with Crippen LogP contribution in [0.25, 0.3) is 11.1 Å². The first kappa shape index (κ1) is 19.4. The van der Waals surface area contributed by atoms with E-state index in [4.69, 9.17) is 9.47 Å². The summed E-state index contributed by atoms with van der Waals surface area (Å²) in [7, 11) is 3.23. The van der Waals surface area contributed by atoms with Crippen molar-refractivity contribution in [1.29, 1.82) is 0 Å². The number of rotatable bonds is 7. The number of ether oxygens (including phenoxy) is 2. The van der Waals surface area contributed by atoms with E-state index < -0.39 is 0 Å². The van der Waals surface area contributed by atoms with Gasteiger partial charge < -0.3 is 14.6 Å². The van der Waals surface area contributed by atoms with E-state index in [-0.39, 0.29) is 23.9 Å². The van der Waals surface area contributed by atoms with Gasteiger partial charge >= 0.3 is 0 Å². The van der Waals surface area contributed by atoms with Gasteiger partial charge in [0.2, 0.25) is 0 Å². The van der Waals surface area contributed by atoms with Crippen molar-refractivity contribution in [2.45, 2.75) is 39.9 Å². The van der Waals surface area contributed by atoms with Crippen molar-refractivity contribution in [3.8, 4) is 16.9 Å². The van der Waals surface area contributed by atoms with E-state index in [1.807, 2.05) is 18.2 Å². The van der Waals surface area contributed by atoms with Gasteiger partial charge in [0.25, 0.3) is 0 Å². The van der Waals surface area contributed by atoms with Gasteiger partial charge in [-0.2, -0.15) is 0 Å². The average molecular weight is 346 g/mol. The number of hydrogen-bond acceptors (Lipinski definition) is 3. The molecule has 2 rings (SSSR count). The fraction of sp³-hybridized carbons (Fsp3) is 0.429. The molecule has 0 bridgehead atoms. The van der Waals surface area contributed by atoms with Crippen LogP contribution in [0.1, 0.15) is 44.4 Å². The average Bonchev–Trinajstić information content (AvgIpc) is 2.62. The molecular weight excluding hydrogens is 319 g/mol. The van der Waals surface area contributed by atoms with E-state index >= 15 is 0 Å². The van der Waals surface area contributed by atoms with Crippen LogP contribution in [0.15, 0.2) is 36.4 Å². The number of hydrogen-bond donors (Lipinski definition) is 1. The zero-order chi connectivity index (χ0) is 18.6. The summed E-state index contributed by atoms with van der Waals surface area (Å²) in [5.41, 5.74) is 2.71. The number of methoxy groups -OCH3 is 2. The van der Waals surface area contributed by atoms with Gasteiger partial charge in [0.15, 0.2) is 0 Å². The lowest BCUT2D eigenvalue weighted by Gasteiger charge is -2.34. The summed E-state index contributed by atoms with van der Waals surface area (Å²) in [6, 6.07) is 10.3. The monoisotopic (exact) mass is 346 g/mol. The third-order valence-electron chi connectivity index (χ3n) is 4.90. The zero-order valence-corrected chi connectivity index (χ0v) is 15.6. The summed E-state index contributed by atoms with van der Waals surface area (Å²) in [6.07, 6.45) is 0.666. The molecule has 4 heteroatoms. The Morgan fingerprint density at radius 3 is 2.36 bits per heavy atom. The summed E-state index contributed by atoms with van der Waals surface area (Å²) in [6.45, 7) is 6.28. The van der Waals surface area contributed by atoms with Gasteiger partial charge in [-0.25, -0.2) is 4.39 Å². The van der Waals surface area contributed by atoms with Crippen molar-refractivity contribution in [2.24, 2.45) is 5.41 Å². The molecule has 3 nitrogen and oxygen atoms in total. The van der Waals surface area contributed by atoms with Crippen molar-refractivity contribution in [3.63, 3.8) is 0 Å². The Morgan fingerprint density at radius 1 is 1.08 bits per heavy atom. The van der Waals surface area contributed by atoms with Crippen molar-refractivity contribution in [1.82, 2.24) is 0 Å². The predicted octanol–water partition coefficient (Wildman–Crippen LogP) is 5.12. The highest BCUT2D eigenvalue weighted by atomic mass is 19.1. The minimum atomic E-state index is -0.317. The Balaban J connectivity index is 2.71. The highest BCUT2D eigenvalue weighted by Gasteiger charge is 2.31. The SMILES string of the molecule is CCC(C)(C)[C@H](OC)c1cc(CO)ccc1-c1cc(OC)ccc1F. The molecule has 25 heavy (non-hydrogen) atoms. The van der Waals surface area contributed by atoms with Crippen LogP contribution in [0, 0.1) is 11.2 Å². The normalized spacial score (nSPS) is 12.9. The maximum atomic E-state index is 14.6. The Labute approximate surface area is 149 Å². The second kappa shape index (κ2) is 7.98. The quantitative estimate of drug-likeness (QED) is 0.756. The molecule has 2 aromatic carbocycles. The lowest BCUT2D eigenvalue weighted by molar-refractivity contribution is 0.00321. The van der Waals surface area contributed by atoms with Crippen LogP contribution in [0.4, 0.5) is 4.39 Å². The topological polar surface area (TPSA) is 38.7 Å². The van der Waals surface area contributed by atoms with Gasteiger partial charge in [-0.15, -0.1) is 0 Å². The van der Waals surface area contributed by atoms with E-state index in [1.165, 1.54) is 6.07 Å². The van der Waals surface area contributed by atoms with Gasteiger partial charge in [0, 0.05) is 12.7 Å². The van der Waals surface area contributed by atoms with E-state index in [1.54, 1.807) is 26.4 Å². The molecule has 1 atom stereocenters. The number of benzene rings is 2. The van der Waals surface area contributed by atoms with E-state index in [0.29, 0.717) is 11.3 Å². The van der Waals surface area contributed by atoms with Crippen LogP contribution in [0.3, 0.4) is 0 Å². The van der Waals surface area contributed by atoms with Crippen molar-refractivity contribution >= 4 is 0 Å². The molecule has 2 aromatic rings. The number of aliphatic hydroxyl groups is 1. The van der Waals surface area contributed by atoms with Crippen molar-refractivity contribution in [3.05, 3.63) is 53.3 Å². The predicted molar refractivity (Wildman–Crippen MR) is 98.1 cm³/mol. The molecule has 0 amide bonds. The summed E-state index contributed by atoms with van der Waals surface area (Å²) in [4.78, 5) is 0. The van der Waals surface area contributed by atoms with Crippen LogP contribution < -0.4 is 4.74 Å². The number of aliphatic hydroxyl groups excluding tert-OH is 1. The maximum Gasteiger partial charge on any atom is 0.131 e. The molecule has 0 aliphatic heterocycles. The molecule has 0 heterocycles. The van der Waals surface area contributed by atoms with E-state index in [9.17, 15) is 9.50 Å². The molecule has 0 aromatic heterocycles. The molecule has 0 unspecified atom stereocenters. The standard InChI is InChI=1S/C21H27FO3/c1-6-21(2,3)20(25-5)18-11-14(13-23)7-9-16(18)17-12-15(24-4)8-10-19(17)22/h7-12,20,23H,6,13H2,1-5H3/t20-/m1/s1. The Morgan fingerprint density at radius 2 is 1.80 bits per heavy atom. The molecular formula is C21H27FO3. The second-order valence-corrected chi connectivity index (χ2v) is 6.88. The van der Waals surface area contributed by atoms with Crippen LogP contribution in [0.5, 0.6) is 5.75 Å². The lowest BCUT2D eigenvalue weighted by Crippen LogP contribution is -2.23. The second-order valence-electron chi connectivity index (χ2n) is 6.88. The van der Waals surface area contributed by atoms with Crippen LogP contribution in [-0.4, -0.2) is 19.3 Å². The Bertz CT molecular complexity index is 725. The van der Waals surface area contributed by atoms with Gasteiger partial charge in [0.05, 0.1) is 19.8 Å². The third-order valence-corrected chi connectivity index (χ3v) is 4.90. The van der Waals surface area contributed by atoms with Crippen LogP contribution in [-0.2, 0) is 11.3 Å². The fourth-order valence-electron chi connectivity index (χ4n) is 3.06. The maximum absolute atomic E-state index is 14.6. The number of halogens is 1. The molecule has 0 saturated heterocycles. The zero-order valence-electron chi connectivity index (χ0n) is 15.6.